The van der Waals surface area contributed by atoms with Gasteiger partial charge >= 0.3 is 5.97 Å². The Morgan fingerprint density at radius 3 is 2.50 bits per heavy atom. The lowest BCUT2D eigenvalue weighted by Crippen LogP contribution is -2.08. The first-order chi connectivity index (χ1) is 6.33. The molecule has 0 spiro atoms. The summed E-state index contributed by atoms with van der Waals surface area (Å²) in [6.07, 6.45) is 5.95. The summed E-state index contributed by atoms with van der Waals surface area (Å²) in [4.78, 5) is 10.3. The van der Waals surface area contributed by atoms with Crippen molar-refractivity contribution in [3.8, 4) is 0 Å². The van der Waals surface area contributed by atoms with Gasteiger partial charge in [-0.2, -0.15) is 0 Å². The van der Waals surface area contributed by atoms with Gasteiger partial charge in [-0.05, 0) is 25.2 Å². The molecule has 14 heavy (non-hydrogen) atoms. The van der Waals surface area contributed by atoms with Crippen molar-refractivity contribution < 1.29 is 9.90 Å². The molecule has 0 amide bonds. The zero-order chi connectivity index (χ0) is 11.2. The van der Waals surface area contributed by atoms with E-state index in [1.165, 1.54) is 0 Å². The molecule has 2 nitrogen and oxygen atoms in total. The SMILES string of the molecule is C=C(C)/C=C/C(C)(C)CCCC(=O)O. The summed E-state index contributed by atoms with van der Waals surface area (Å²) in [7, 11) is 0. The molecule has 0 rings (SSSR count). The summed E-state index contributed by atoms with van der Waals surface area (Å²) < 4.78 is 0. The highest BCUT2D eigenvalue weighted by Gasteiger charge is 2.13. The molecule has 0 aromatic heterocycles. The lowest BCUT2D eigenvalue weighted by Gasteiger charge is -2.19. The first kappa shape index (κ1) is 12.9. The van der Waals surface area contributed by atoms with Crippen LogP contribution in [-0.4, -0.2) is 11.1 Å². The van der Waals surface area contributed by atoms with Crippen molar-refractivity contribution in [1.82, 2.24) is 0 Å². The monoisotopic (exact) mass is 196 g/mol. The van der Waals surface area contributed by atoms with E-state index < -0.39 is 5.97 Å². The maximum Gasteiger partial charge on any atom is 0.303 e. The Morgan fingerprint density at radius 1 is 1.50 bits per heavy atom. The first-order valence-corrected chi connectivity index (χ1v) is 4.90. The van der Waals surface area contributed by atoms with Gasteiger partial charge in [0.15, 0.2) is 0 Å². The first-order valence-electron chi connectivity index (χ1n) is 4.90. The molecule has 0 aliphatic carbocycles. The third kappa shape index (κ3) is 7.59. The van der Waals surface area contributed by atoms with E-state index in [0.29, 0.717) is 0 Å². The maximum absolute atomic E-state index is 10.3. The zero-order valence-corrected chi connectivity index (χ0v) is 9.34. The summed E-state index contributed by atoms with van der Waals surface area (Å²) in [5, 5.41) is 8.50. The molecule has 0 aliphatic rings. The molecule has 1 N–H and O–H groups in total. The second-order valence-corrected chi connectivity index (χ2v) is 4.42. The van der Waals surface area contributed by atoms with Gasteiger partial charge in [0.1, 0.15) is 0 Å². The van der Waals surface area contributed by atoms with E-state index in [-0.39, 0.29) is 11.8 Å². The van der Waals surface area contributed by atoms with Gasteiger partial charge in [0, 0.05) is 6.42 Å². The van der Waals surface area contributed by atoms with E-state index in [0.717, 1.165) is 18.4 Å². The molecule has 0 aromatic rings. The van der Waals surface area contributed by atoms with Crippen LogP contribution in [0.5, 0.6) is 0 Å². The molecule has 0 aromatic carbocycles. The highest BCUT2D eigenvalue weighted by atomic mass is 16.4. The normalized spacial score (nSPS) is 11.9. The topological polar surface area (TPSA) is 37.3 Å². The smallest absolute Gasteiger partial charge is 0.303 e. The van der Waals surface area contributed by atoms with Crippen molar-refractivity contribution in [3.05, 3.63) is 24.3 Å². The summed E-state index contributed by atoms with van der Waals surface area (Å²) in [5.74, 6) is -0.718. The number of carboxylic acids is 1. The summed E-state index contributed by atoms with van der Waals surface area (Å²) in [5.41, 5.74) is 1.09. The molecule has 2 heteroatoms. The molecule has 0 fully saturated rings. The molecule has 0 saturated heterocycles. The van der Waals surface area contributed by atoms with Gasteiger partial charge in [-0.25, -0.2) is 0 Å². The van der Waals surface area contributed by atoms with Gasteiger partial charge < -0.3 is 5.11 Å². The van der Waals surface area contributed by atoms with Gasteiger partial charge in [-0.1, -0.05) is 38.2 Å². The highest BCUT2D eigenvalue weighted by Crippen LogP contribution is 2.25. The van der Waals surface area contributed by atoms with E-state index in [2.05, 4.69) is 26.5 Å². The fraction of sp³-hybridized carbons (Fsp3) is 0.583. The van der Waals surface area contributed by atoms with Crippen molar-refractivity contribution >= 4 is 5.97 Å². The fourth-order valence-electron chi connectivity index (χ4n) is 1.15. The quantitative estimate of drug-likeness (QED) is 0.661. The number of aliphatic carboxylic acids is 1. The van der Waals surface area contributed by atoms with Gasteiger partial charge in [-0.15, -0.1) is 0 Å². The van der Waals surface area contributed by atoms with Crippen LogP contribution in [0, 0.1) is 5.41 Å². The summed E-state index contributed by atoms with van der Waals surface area (Å²) >= 11 is 0. The van der Waals surface area contributed by atoms with Crippen molar-refractivity contribution in [3.63, 3.8) is 0 Å². The molecule has 0 radical (unpaired) electrons. The van der Waals surface area contributed by atoms with Crippen molar-refractivity contribution in [2.75, 3.05) is 0 Å². The molecule has 0 saturated carbocycles. The zero-order valence-electron chi connectivity index (χ0n) is 9.34. The Balaban J connectivity index is 3.94. The van der Waals surface area contributed by atoms with Crippen LogP contribution in [0.4, 0.5) is 0 Å². The van der Waals surface area contributed by atoms with Crippen LogP contribution in [0.2, 0.25) is 0 Å². The van der Waals surface area contributed by atoms with Crippen LogP contribution in [0.1, 0.15) is 40.0 Å². The summed E-state index contributed by atoms with van der Waals surface area (Å²) in [6.45, 7) is 9.94. The molecular formula is C12H20O2. The molecule has 0 atom stereocenters. The Bertz CT molecular complexity index is 237. The van der Waals surface area contributed by atoms with Crippen molar-refractivity contribution in [1.29, 1.82) is 0 Å². The lowest BCUT2D eigenvalue weighted by molar-refractivity contribution is -0.137. The van der Waals surface area contributed by atoms with E-state index in [1.54, 1.807) is 0 Å². The average Bonchev–Trinajstić information content (AvgIpc) is 2.00. The number of hydrogen-bond acceptors (Lipinski definition) is 1. The Hall–Kier alpha value is -1.05. The number of hydrogen-bond donors (Lipinski definition) is 1. The predicted molar refractivity (Wildman–Crippen MR) is 59.2 cm³/mol. The van der Waals surface area contributed by atoms with Gasteiger partial charge in [0.2, 0.25) is 0 Å². The standard InChI is InChI=1S/C12H20O2/c1-10(2)7-9-12(3,4)8-5-6-11(13)14/h7,9H,1,5-6,8H2,2-4H3,(H,13,14)/b9-7+. The molecule has 0 aliphatic heterocycles. The summed E-state index contributed by atoms with van der Waals surface area (Å²) in [6, 6.07) is 0. The number of rotatable bonds is 6. The lowest BCUT2D eigenvalue weighted by atomic mass is 9.86. The van der Waals surface area contributed by atoms with Gasteiger partial charge in [0.25, 0.3) is 0 Å². The second-order valence-electron chi connectivity index (χ2n) is 4.42. The van der Waals surface area contributed by atoms with Crippen LogP contribution < -0.4 is 0 Å². The fourth-order valence-corrected chi connectivity index (χ4v) is 1.15. The van der Waals surface area contributed by atoms with Gasteiger partial charge in [-0.3, -0.25) is 4.79 Å². The van der Waals surface area contributed by atoms with Crippen LogP contribution in [-0.2, 0) is 4.79 Å². The van der Waals surface area contributed by atoms with E-state index in [9.17, 15) is 4.79 Å². The number of carbonyl (C=O) groups is 1. The second kappa shape index (κ2) is 5.63. The molecular weight excluding hydrogens is 176 g/mol. The van der Waals surface area contributed by atoms with Crippen LogP contribution >= 0.6 is 0 Å². The molecule has 0 unspecified atom stereocenters. The average molecular weight is 196 g/mol. The molecule has 0 heterocycles. The van der Waals surface area contributed by atoms with E-state index >= 15 is 0 Å². The van der Waals surface area contributed by atoms with Crippen LogP contribution in [0.15, 0.2) is 24.3 Å². The van der Waals surface area contributed by atoms with Crippen molar-refractivity contribution in [2.45, 2.75) is 40.0 Å². The van der Waals surface area contributed by atoms with Crippen LogP contribution in [0.25, 0.3) is 0 Å². The number of allylic oxidation sites excluding steroid dienone is 3. The minimum Gasteiger partial charge on any atom is -0.481 e. The third-order valence-electron chi connectivity index (χ3n) is 2.03. The molecule has 0 bridgehead atoms. The maximum atomic E-state index is 10.3. The van der Waals surface area contributed by atoms with Crippen molar-refractivity contribution in [2.24, 2.45) is 5.41 Å². The Kier molecular flexibility index (Phi) is 5.21. The minimum absolute atomic E-state index is 0.0639. The van der Waals surface area contributed by atoms with Crippen LogP contribution in [0.3, 0.4) is 0 Å². The molecule has 80 valence electrons. The van der Waals surface area contributed by atoms with E-state index in [4.69, 9.17) is 5.11 Å². The third-order valence-corrected chi connectivity index (χ3v) is 2.03. The van der Waals surface area contributed by atoms with E-state index in [1.807, 2.05) is 13.0 Å². The number of carboxylic acid groups (broad SMARTS) is 1. The Labute approximate surface area is 86.3 Å². The largest absolute Gasteiger partial charge is 0.481 e. The minimum atomic E-state index is -0.718. The predicted octanol–water partition coefficient (Wildman–Crippen LogP) is 3.40. The highest BCUT2D eigenvalue weighted by molar-refractivity contribution is 5.66. The van der Waals surface area contributed by atoms with Gasteiger partial charge in [0.05, 0.1) is 0 Å². The Morgan fingerprint density at radius 2 is 2.07 bits per heavy atom.